The van der Waals surface area contributed by atoms with Crippen LogP contribution >= 0.6 is 34.7 Å². The maximum Gasteiger partial charge on any atom is 0.214 e. The molecule has 0 atom stereocenters. The van der Waals surface area contributed by atoms with Gasteiger partial charge in [0.25, 0.3) is 0 Å². The van der Waals surface area contributed by atoms with Crippen LogP contribution in [-0.2, 0) is 5.75 Å². The van der Waals surface area contributed by atoms with Gasteiger partial charge in [0, 0.05) is 10.6 Å². The van der Waals surface area contributed by atoms with E-state index in [0.29, 0.717) is 6.61 Å². The van der Waals surface area contributed by atoms with Gasteiger partial charge < -0.3 is 4.74 Å². The molecule has 5 nitrogen and oxygen atoms in total. The van der Waals surface area contributed by atoms with Gasteiger partial charge in [0.2, 0.25) is 5.16 Å². The fraction of sp³-hybridized carbons (Fsp3) is 0.214. The number of para-hydroxylation sites is 2. The fourth-order valence-electron chi connectivity index (χ4n) is 1.89. The highest BCUT2D eigenvalue weighted by Gasteiger charge is 2.13. The second-order valence-corrected chi connectivity index (χ2v) is 7.01. The topological polar surface area (TPSA) is 52.8 Å². The Morgan fingerprint density at radius 3 is 2.91 bits per heavy atom. The number of nitrogens with zero attached hydrogens (tertiary/aromatic N) is 4. The molecule has 114 valence electrons. The predicted molar refractivity (Wildman–Crippen MR) is 89.2 cm³/mol. The van der Waals surface area contributed by atoms with Crippen LogP contribution in [0, 0.1) is 0 Å². The lowest BCUT2D eigenvalue weighted by Crippen LogP contribution is -2.03. The Labute approximate surface area is 141 Å². The van der Waals surface area contributed by atoms with Crippen molar-refractivity contribution < 1.29 is 4.74 Å². The number of thioether (sulfide) groups is 1. The van der Waals surface area contributed by atoms with Crippen molar-refractivity contribution in [1.82, 2.24) is 20.2 Å². The first kappa shape index (κ1) is 15.3. The van der Waals surface area contributed by atoms with Gasteiger partial charge >= 0.3 is 0 Å². The van der Waals surface area contributed by atoms with Crippen molar-refractivity contribution >= 4 is 34.7 Å². The van der Waals surface area contributed by atoms with E-state index < -0.39 is 0 Å². The largest absolute Gasteiger partial charge is 0.492 e. The van der Waals surface area contributed by atoms with E-state index >= 15 is 0 Å². The number of thiophene rings is 1. The fourth-order valence-corrected chi connectivity index (χ4v) is 3.91. The van der Waals surface area contributed by atoms with Gasteiger partial charge in [0.15, 0.2) is 0 Å². The van der Waals surface area contributed by atoms with Gasteiger partial charge in [-0.05, 0) is 41.6 Å². The molecule has 0 saturated carbocycles. The van der Waals surface area contributed by atoms with E-state index in [4.69, 9.17) is 16.3 Å². The standard InChI is InChI=1S/C14H13ClN4OS2/c1-2-20-12-6-4-3-5-11(12)19-14(16-17-18-19)21-9-10-7-8-13(15)22-10/h3-8H,2,9H2,1H3. The summed E-state index contributed by atoms with van der Waals surface area (Å²) in [5, 5.41) is 12.7. The van der Waals surface area contributed by atoms with Crippen LogP contribution in [0.5, 0.6) is 5.75 Å². The molecule has 0 aliphatic rings. The van der Waals surface area contributed by atoms with Crippen LogP contribution in [0.4, 0.5) is 0 Å². The number of tetrazole rings is 1. The predicted octanol–water partition coefficient (Wildman–Crippen LogP) is 4.07. The average molecular weight is 353 g/mol. The van der Waals surface area contributed by atoms with Gasteiger partial charge in [-0.15, -0.1) is 16.4 Å². The molecule has 0 N–H and O–H groups in total. The summed E-state index contributed by atoms with van der Waals surface area (Å²) < 4.78 is 8.13. The van der Waals surface area contributed by atoms with Crippen molar-refractivity contribution in [3.63, 3.8) is 0 Å². The van der Waals surface area contributed by atoms with Gasteiger partial charge in [0.1, 0.15) is 11.4 Å². The molecular weight excluding hydrogens is 340 g/mol. The number of aromatic nitrogens is 4. The quantitative estimate of drug-likeness (QED) is 0.626. The van der Waals surface area contributed by atoms with E-state index in [0.717, 1.165) is 26.7 Å². The Hall–Kier alpha value is -1.57. The van der Waals surface area contributed by atoms with Gasteiger partial charge in [-0.1, -0.05) is 35.5 Å². The van der Waals surface area contributed by atoms with E-state index in [1.165, 1.54) is 4.88 Å². The van der Waals surface area contributed by atoms with E-state index in [9.17, 15) is 0 Å². The van der Waals surface area contributed by atoms with Crippen LogP contribution in [-0.4, -0.2) is 26.8 Å². The Bertz CT molecular complexity index is 759. The minimum absolute atomic E-state index is 0.593. The zero-order valence-corrected chi connectivity index (χ0v) is 14.2. The number of hydrogen-bond acceptors (Lipinski definition) is 6. The molecule has 0 spiro atoms. The minimum Gasteiger partial charge on any atom is -0.492 e. The summed E-state index contributed by atoms with van der Waals surface area (Å²) >= 11 is 9.08. The maximum atomic E-state index is 5.95. The third-order valence-corrected chi connectivity index (χ3v) is 5.19. The Morgan fingerprint density at radius 2 is 2.14 bits per heavy atom. The van der Waals surface area contributed by atoms with Gasteiger partial charge in [-0.2, -0.15) is 4.68 Å². The van der Waals surface area contributed by atoms with Gasteiger partial charge in [-0.3, -0.25) is 0 Å². The first-order valence-corrected chi connectivity index (χ1v) is 8.83. The van der Waals surface area contributed by atoms with Gasteiger partial charge in [0.05, 0.1) is 10.9 Å². The number of halogens is 1. The molecule has 1 aromatic carbocycles. The molecule has 0 unspecified atom stereocenters. The molecule has 22 heavy (non-hydrogen) atoms. The molecule has 0 saturated heterocycles. The Morgan fingerprint density at radius 1 is 1.27 bits per heavy atom. The van der Waals surface area contributed by atoms with Crippen LogP contribution in [0.25, 0.3) is 5.69 Å². The number of benzene rings is 1. The number of ether oxygens (including phenoxy) is 1. The maximum absolute atomic E-state index is 5.95. The third kappa shape index (κ3) is 3.43. The Balaban J connectivity index is 1.83. The van der Waals surface area contributed by atoms with Crippen LogP contribution in [0.1, 0.15) is 11.8 Å². The minimum atomic E-state index is 0.593. The molecule has 0 fully saturated rings. The van der Waals surface area contributed by atoms with Crippen molar-refractivity contribution in [2.24, 2.45) is 0 Å². The van der Waals surface area contributed by atoms with Crippen LogP contribution in [0.15, 0.2) is 41.6 Å². The lowest BCUT2D eigenvalue weighted by Gasteiger charge is -2.10. The van der Waals surface area contributed by atoms with Crippen molar-refractivity contribution in [3.05, 3.63) is 45.6 Å². The summed E-state index contributed by atoms with van der Waals surface area (Å²) in [5.41, 5.74) is 0.834. The van der Waals surface area contributed by atoms with E-state index in [1.807, 2.05) is 43.3 Å². The molecule has 8 heteroatoms. The highest BCUT2D eigenvalue weighted by molar-refractivity contribution is 7.98. The van der Waals surface area contributed by atoms with Crippen molar-refractivity contribution in [1.29, 1.82) is 0 Å². The molecule has 0 aliphatic heterocycles. The Kier molecular flexibility index (Phi) is 4.97. The zero-order chi connectivity index (χ0) is 15.4. The second-order valence-electron chi connectivity index (χ2n) is 4.27. The summed E-state index contributed by atoms with van der Waals surface area (Å²) in [6, 6.07) is 11.6. The van der Waals surface area contributed by atoms with Crippen LogP contribution < -0.4 is 4.74 Å². The molecule has 0 bridgehead atoms. The number of rotatable bonds is 6. The first-order chi connectivity index (χ1) is 10.8. The summed E-state index contributed by atoms with van der Waals surface area (Å²) in [4.78, 5) is 1.18. The van der Waals surface area contributed by atoms with Crippen molar-refractivity contribution in [2.45, 2.75) is 17.8 Å². The summed E-state index contributed by atoms with van der Waals surface area (Å²) in [7, 11) is 0. The van der Waals surface area contributed by atoms with Crippen LogP contribution in [0.3, 0.4) is 0 Å². The lowest BCUT2D eigenvalue weighted by atomic mass is 10.3. The summed E-state index contributed by atoms with van der Waals surface area (Å²) in [6.45, 7) is 2.54. The molecular formula is C14H13ClN4OS2. The highest BCUT2D eigenvalue weighted by atomic mass is 35.5. The van der Waals surface area contributed by atoms with E-state index in [-0.39, 0.29) is 0 Å². The van der Waals surface area contributed by atoms with E-state index in [2.05, 4.69) is 15.5 Å². The second kappa shape index (κ2) is 7.13. The molecule has 0 amide bonds. The van der Waals surface area contributed by atoms with Crippen molar-refractivity contribution in [2.75, 3.05) is 6.61 Å². The zero-order valence-electron chi connectivity index (χ0n) is 11.8. The van der Waals surface area contributed by atoms with E-state index in [1.54, 1.807) is 27.8 Å². The molecule has 0 aliphatic carbocycles. The molecule has 3 rings (SSSR count). The SMILES string of the molecule is CCOc1ccccc1-n1nnnc1SCc1ccc(Cl)s1. The first-order valence-electron chi connectivity index (χ1n) is 6.65. The van der Waals surface area contributed by atoms with Gasteiger partial charge in [-0.25, -0.2) is 0 Å². The monoisotopic (exact) mass is 352 g/mol. The summed E-state index contributed by atoms with van der Waals surface area (Å²) in [5.74, 6) is 1.53. The smallest absolute Gasteiger partial charge is 0.214 e. The van der Waals surface area contributed by atoms with Crippen molar-refractivity contribution in [3.8, 4) is 11.4 Å². The summed E-state index contributed by atoms with van der Waals surface area (Å²) in [6.07, 6.45) is 0. The average Bonchev–Trinajstić information content (AvgIpc) is 3.15. The van der Waals surface area contributed by atoms with Crippen LogP contribution in [0.2, 0.25) is 4.34 Å². The number of hydrogen-bond donors (Lipinski definition) is 0. The molecule has 2 heterocycles. The molecule has 3 aromatic rings. The molecule has 0 radical (unpaired) electrons. The third-order valence-electron chi connectivity index (χ3n) is 2.81. The normalized spacial score (nSPS) is 10.8. The molecule has 2 aromatic heterocycles. The lowest BCUT2D eigenvalue weighted by molar-refractivity contribution is 0.337. The highest BCUT2D eigenvalue weighted by Crippen LogP contribution is 2.30.